The van der Waals surface area contributed by atoms with Crippen molar-refractivity contribution in [2.75, 3.05) is 52.9 Å². The Morgan fingerprint density at radius 3 is 2.58 bits per heavy atom. The lowest BCUT2D eigenvalue weighted by molar-refractivity contribution is -0.130. The number of carbonyl (C=O) groups excluding carboxylic acids is 1. The minimum atomic E-state index is -0.753. The fourth-order valence-corrected chi connectivity index (χ4v) is 3.70. The highest BCUT2D eigenvalue weighted by Gasteiger charge is 2.39. The molecule has 5 heteroatoms. The van der Waals surface area contributed by atoms with Crippen LogP contribution in [0.3, 0.4) is 0 Å². The van der Waals surface area contributed by atoms with Crippen molar-refractivity contribution >= 4 is 5.91 Å². The normalized spacial score (nSPS) is 26.0. The van der Waals surface area contributed by atoms with Crippen molar-refractivity contribution in [2.45, 2.75) is 25.4 Å². The van der Waals surface area contributed by atoms with Gasteiger partial charge in [-0.25, -0.2) is 0 Å². The minimum Gasteiger partial charge on any atom is -0.387 e. The van der Waals surface area contributed by atoms with Gasteiger partial charge in [0.15, 0.2) is 0 Å². The van der Waals surface area contributed by atoms with E-state index in [-0.39, 0.29) is 5.91 Å². The van der Waals surface area contributed by atoms with Gasteiger partial charge in [-0.1, -0.05) is 24.3 Å². The van der Waals surface area contributed by atoms with E-state index in [0.717, 1.165) is 37.3 Å². The average Bonchev–Trinajstić information content (AvgIpc) is 2.94. The summed E-state index contributed by atoms with van der Waals surface area (Å²) in [6.07, 6.45) is 1.11. The number of rotatable bonds is 4. The van der Waals surface area contributed by atoms with Gasteiger partial charge in [0.05, 0.1) is 18.6 Å². The summed E-state index contributed by atoms with van der Waals surface area (Å²) in [5.41, 5.74) is 1.48. The van der Waals surface area contributed by atoms with E-state index < -0.39 is 5.60 Å². The second kappa shape index (κ2) is 7.21. The zero-order valence-corrected chi connectivity index (χ0v) is 14.9. The molecule has 1 aromatic carbocycles. The number of aliphatic hydroxyl groups is 1. The van der Waals surface area contributed by atoms with E-state index in [0.29, 0.717) is 32.5 Å². The van der Waals surface area contributed by atoms with E-state index in [2.05, 4.69) is 16.8 Å². The molecule has 1 N–H and O–H groups in total. The Labute approximate surface area is 144 Å². The van der Waals surface area contributed by atoms with Gasteiger partial charge in [-0.3, -0.25) is 9.69 Å². The largest absolute Gasteiger partial charge is 0.387 e. The lowest BCUT2D eigenvalue weighted by atomic mass is 10.0. The molecule has 1 amide bonds. The third-order valence-corrected chi connectivity index (χ3v) is 5.40. The molecular weight excluding hydrogens is 302 g/mol. The first-order valence-corrected chi connectivity index (χ1v) is 8.91. The Balaban J connectivity index is 1.54. The Morgan fingerprint density at radius 2 is 1.88 bits per heavy atom. The lowest BCUT2D eigenvalue weighted by Gasteiger charge is -2.36. The standard InChI is InChI=1S/C19H29N3O2/c1-16-5-3-4-6-17(16)13-18(23)22-8-7-19(24,15-22)14-21-11-9-20(2)10-12-21/h3-6,24H,7-15H2,1-2H3/t19-/m0/s1. The maximum Gasteiger partial charge on any atom is 0.227 e. The molecule has 1 aromatic rings. The summed E-state index contributed by atoms with van der Waals surface area (Å²) in [4.78, 5) is 19.1. The minimum absolute atomic E-state index is 0.124. The molecule has 0 unspecified atom stereocenters. The zero-order valence-electron chi connectivity index (χ0n) is 14.9. The number of hydrogen-bond acceptors (Lipinski definition) is 4. The van der Waals surface area contributed by atoms with E-state index >= 15 is 0 Å². The molecule has 1 atom stereocenters. The number of likely N-dealkylation sites (tertiary alicyclic amines) is 1. The molecule has 132 valence electrons. The molecule has 2 fully saturated rings. The number of aryl methyl sites for hydroxylation is 1. The smallest absolute Gasteiger partial charge is 0.227 e. The van der Waals surface area contributed by atoms with E-state index in [9.17, 15) is 9.90 Å². The summed E-state index contributed by atoms with van der Waals surface area (Å²) in [6, 6.07) is 8.02. The summed E-state index contributed by atoms with van der Waals surface area (Å²) < 4.78 is 0. The van der Waals surface area contributed by atoms with Gasteiger partial charge < -0.3 is 14.9 Å². The van der Waals surface area contributed by atoms with Crippen LogP contribution < -0.4 is 0 Å². The molecule has 5 nitrogen and oxygen atoms in total. The van der Waals surface area contributed by atoms with Crippen molar-refractivity contribution in [1.82, 2.24) is 14.7 Å². The van der Waals surface area contributed by atoms with Crippen molar-refractivity contribution in [3.05, 3.63) is 35.4 Å². The zero-order chi connectivity index (χ0) is 17.2. The van der Waals surface area contributed by atoms with Crippen molar-refractivity contribution in [3.8, 4) is 0 Å². The van der Waals surface area contributed by atoms with E-state index in [1.54, 1.807) is 0 Å². The van der Waals surface area contributed by atoms with Crippen molar-refractivity contribution < 1.29 is 9.90 Å². The van der Waals surface area contributed by atoms with Crippen molar-refractivity contribution in [1.29, 1.82) is 0 Å². The molecule has 2 aliphatic rings. The number of benzene rings is 1. The first kappa shape index (κ1) is 17.4. The first-order chi connectivity index (χ1) is 11.5. The van der Waals surface area contributed by atoms with Crippen molar-refractivity contribution in [2.24, 2.45) is 0 Å². The highest BCUT2D eigenvalue weighted by atomic mass is 16.3. The highest BCUT2D eigenvalue weighted by molar-refractivity contribution is 5.79. The quantitative estimate of drug-likeness (QED) is 0.884. The Hall–Kier alpha value is -1.43. The molecule has 0 aromatic heterocycles. The van der Waals surface area contributed by atoms with Crippen LogP contribution in [0.2, 0.25) is 0 Å². The van der Waals surface area contributed by atoms with Gasteiger partial charge in [-0.2, -0.15) is 0 Å². The average molecular weight is 331 g/mol. The summed E-state index contributed by atoms with van der Waals surface area (Å²) in [6.45, 7) is 7.92. The summed E-state index contributed by atoms with van der Waals surface area (Å²) in [5.74, 6) is 0.124. The Bertz CT molecular complexity index is 584. The van der Waals surface area contributed by atoms with Crippen LogP contribution in [-0.4, -0.2) is 84.2 Å². The summed E-state index contributed by atoms with van der Waals surface area (Å²) in [5, 5.41) is 10.9. The number of piperazine rings is 1. The van der Waals surface area contributed by atoms with Gasteiger partial charge in [-0.15, -0.1) is 0 Å². The highest BCUT2D eigenvalue weighted by Crippen LogP contribution is 2.24. The molecule has 0 aliphatic carbocycles. The lowest BCUT2D eigenvalue weighted by Crippen LogP contribution is -2.52. The van der Waals surface area contributed by atoms with Crippen LogP contribution >= 0.6 is 0 Å². The number of hydrogen-bond donors (Lipinski definition) is 1. The number of nitrogens with zero attached hydrogens (tertiary/aromatic N) is 3. The van der Waals surface area contributed by atoms with Gasteiger partial charge in [0.25, 0.3) is 0 Å². The molecule has 3 rings (SSSR count). The fraction of sp³-hybridized carbons (Fsp3) is 0.632. The van der Waals surface area contributed by atoms with Gasteiger partial charge in [-0.05, 0) is 31.5 Å². The SMILES string of the molecule is Cc1ccccc1CC(=O)N1CC[C@](O)(CN2CCN(C)CC2)C1. The van der Waals surface area contributed by atoms with Gasteiger partial charge in [0.2, 0.25) is 5.91 Å². The number of β-amino-alcohol motifs (C(OH)–C–C–N with tert-alkyl or cyclic N) is 1. The number of amides is 1. The van der Waals surface area contributed by atoms with E-state index in [4.69, 9.17) is 0 Å². The fourth-order valence-electron chi connectivity index (χ4n) is 3.70. The van der Waals surface area contributed by atoms with Crippen LogP contribution in [-0.2, 0) is 11.2 Å². The monoisotopic (exact) mass is 331 g/mol. The second-order valence-corrected chi connectivity index (χ2v) is 7.47. The van der Waals surface area contributed by atoms with Gasteiger partial charge in [0, 0.05) is 39.3 Å². The van der Waals surface area contributed by atoms with Crippen LogP contribution in [0.4, 0.5) is 0 Å². The third-order valence-electron chi connectivity index (χ3n) is 5.40. The number of likely N-dealkylation sites (N-methyl/N-ethyl adjacent to an activating group) is 1. The topological polar surface area (TPSA) is 47.0 Å². The molecule has 2 saturated heterocycles. The number of carbonyl (C=O) groups is 1. The maximum absolute atomic E-state index is 12.6. The van der Waals surface area contributed by atoms with Crippen LogP contribution in [0.5, 0.6) is 0 Å². The third kappa shape index (κ3) is 4.15. The van der Waals surface area contributed by atoms with Crippen LogP contribution in [0.1, 0.15) is 17.5 Å². The molecule has 0 bridgehead atoms. The second-order valence-electron chi connectivity index (χ2n) is 7.47. The van der Waals surface area contributed by atoms with Crippen LogP contribution in [0, 0.1) is 6.92 Å². The molecule has 0 saturated carbocycles. The molecule has 2 heterocycles. The molecule has 0 spiro atoms. The predicted octanol–water partition coefficient (Wildman–Crippen LogP) is 0.748. The molecule has 0 radical (unpaired) electrons. The van der Waals surface area contributed by atoms with Gasteiger partial charge >= 0.3 is 0 Å². The van der Waals surface area contributed by atoms with E-state index in [1.807, 2.05) is 36.1 Å². The molecule has 2 aliphatic heterocycles. The van der Waals surface area contributed by atoms with Gasteiger partial charge in [0.1, 0.15) is 0 Å². The van der Waals surface area contributed by atoms with Crippen LogP contribution in [0.15, 0.2) is 24.3 Å². The van der Waals surface area contributed by atoms with Crippen LogP contribution in [0.25, 0.3) is 0 Å². The Kier molecular flexibility index (Phi) is 5.23. The molecular formula is C19H29N3O2. The van der Waals surface area contributed by atoms with E-state index in [1.165, 1.54) is 0 Å². The van der Waals surface area contributed by atoms with Crippen molar-refractivity contribution in [3.63, 3.8) is 0 Å². The summed E-state index contributed by atoms with van der Waals surface area (Å²) >= 11 is 0. The predicted molar refractivity (Wildman–Crippen MR) is 95.0 cm³/mol. The maximum atomic E-state index is 12.6. The Morgan fingerprint density at radius 1 is 1.17 bits per heavy atom. The first-order valence-electron chi connectivity index (χ1n) is 8.91. The molecule has 24 heavy (non-hydrogen) atoms. The summed E-state index contributed by atoms with van der Waals surface area (Å²) in [7, 11) is 2.13.